The fraction of sp³-hybridized carbons (Fsp3) is 0.672. The van der Waals surface area contributed by atoms with Gasteiger partial charge in [0, 0.05) is 58.3 Å². The number of ether oxygens (including phenoxy) is 7. The van der Waals surface area contributed by atoms with Gasteiger partial charge in [0.05, 0.1) is 23.2 Å². The number of piperidine rings is 1. The van der Waals surface area contributed by atoms with Crippen LogP contribution >= 0.6 is 0 Å². The maximum absolute atomic E-state index is 14.6. The number of carbonyl (C=O) groups is 5. The molecule has 1 aromatic rings. The number of amides is 1. The lowest BCUT2D eigenvalue weighted by molar-refractivity contribution is -0.384. The highest BCUT2D eigenvalue weighted by atomic mass is 16.7. The van der Waals surface area contributed by atoms with E-state index >= 15 is 0 Å². The molecule has 1 aliphatic carbocycles. The highest BCUT2D eigenvalue weighted by molar-refractivity contribution is 6.39. The van der Waals surface area contributed by atoms with E-state index in [4.69, 9.17) is 33.2 Å². The zero-order valence-corrected chi connectivity index (χ0v) is 46.3. The summed E-state index contributed by atoms with van der Waals surface area (Å²) in [5.74, 6) is -6.74. The number of rotatable bonds is 9. The SMILES string of the molecule is CO[C@H]1C[C@@H]2CC[C@@H](C)[C@@](O)(O2)C(=O)C(=O)N2CCCC[C@H]2C(=O)O[C@H]([C@H](C)C[C@@H]2CC[C@@H](OC(=O)Oc3ccc([N+](=O)[O-])cc3)[C@H](OC)C2)CC[C@H](C)/C=C(\C)[C@@H](O)[C@@H](OC)C(=O)[C@H](C)C[C@H](C)/C=C/C=C/C=C/1C. The lowest BCUT2D eigenvalue weighted by Crippen LogP contribution is -2.61. The highest BCUT2D eigenvalue weighted by Crippen LogP contribution is 2.38. The summed E-state index contributed by atoms with van der Waals surface area (Å²) in [6.07, 6.45) is 11.7. The van der Waals surface area contributed by atoms with E-state index < -0.39 is 95.1 Å². The third-order valence-electron chi connectivity index (χ3n) is 16.0. The van der Waals surface area contributed by atoms with E-state index in [1.54, 1.807) is 21.0 Å². The molecule has 3 aliphatic heterocycles. The first-order chi connectivity index (χ1) is 36.1. The first kappa shape index (κ1) is 61.7. The molecular weight excluding hydrogens is 981 g/mol. The number of aliphatic hydroxyl groups is 2. The van der Waals surface area contributed by atoms with Crippen LogP contribution in [0, 0.1) is 45.6 Å². The highest BCUT2D eigenvalue weighted by Gasteiger charge is 2.53. The average Bonchev–Trinajstić information content (AvgIpc) is 3.39. The van der Waals surface area contributed by atoms with Gasteiger partial charge in [-0.2, -0.15) is 0 Å². The van der Waals surface area contributed by atoms with Crippen LogP contribution in [0.1, 0.15) is 132 Å². The predicted molar refractivity (Wildman–Crippen MR) is 283 cm³/mol. The number of nitro groups is 1. The molecule has 4 aliphatic rings. The first-order valence-electron chi connectivity index (χ1n) is 27.2. The van der Waals surface area contributed by atoms with Gasteiger partial charge in [0.15, 0.2) is 5.78 Å². The number of ketones is 2. The van der Waals surface area contributed by atoms with E-state index in [2.05, 4.69) is 0 Å². The Balaban J connectivity index is 1.39. The van der Waals surface area contributed by atoms with Crippen molar-refractivity contribution in [2.45, 2.75) is 186 Å². The number of aliphatic hydroxyl groups excluding tert-OH is 1. The van der Waals surface area contributed by atoms with Crippen molar-refractivity contribution < 1.29 is 72.3 Å². The second kappa shape index (κ2) is 29.0. The molecule has 0 spiro atoms. The molecule has 18 nitrogen and oxygen atoms in total. The summed E-state index contributed by atoms with van der Waals surface area (Å²) in [5, 5.41) is 34.7. The number of cyclic esters (lactones) is 1. The van der Waals surface area contributed by atoms with Crippen LogP contribution in [0.5, 0.6) is 5.75 Å². The lowest BCUT2D eigenvalue weighted by Gasteiger charge is -2.42. The molecule has 76 heavy (non-hydrogen) atoms. The van der Waals surface area contributed by atoms with Crippen LogP contribution in [0.3, 0.4) is 0 Å². The normalized spacial score (nSPS) is 36.0. The minimum atomic E-state index is -2.43. The smallest absolute Gasteiger partial charge is 0.461 e. The van der Waals surface area contributed by atoms with Crippen molar-refractivity contribution in [3.63, 3.8) is 0 Å². The third-order valence-corrected chi connectivity index (χ3v) is 16.0. The molecule has 2 saturated heterocycles. The van der Waals surface area contributed by atoms with E-state index in [-0.39, 0.29) is 53.9 Å². The molecule has 1 aromatic carbocycles. The van der Waals surface area contributed by atoms with Crippen molar-refractivity contribution >= 4 is 35.3 Å². The van der Waals surface area contributed by atoms with Crippen LogP contribution in [0.2, 0.25) is 0 Å². The zero-order valence-electron chi connectivity index (χ0n) is 46.3. The summed E-state index contributed by atoms with van der Waals surface area (Å²) < 4.78 is 41.0. The molecule has 1 amide bonds. The zero-order chi connectivity index (χ0) is 55.9. The number of esters is 1. The average molecular weight is 1070 g/mol. The topological polar surface area (TPSA) is 237 Å². The quantitative estimate of drug-likeness (QED) is 0.0585. The van der Waals surface area contributed by atoms with E-state index in [9.17, 15) is 44.3 Å². The van der Waals surface area contributed by atoms with Gasteiger partial charge < -0.3 is 48.3 Å². The molecule has 1 saturated carbocycles. The Morgan fingerprint density at radius 1 is 0.842 bits per heavy atom. The van der Waals surface area contributed by atoms with Gasteiger partial charge in [-0.25, -0.2) is 9.59 Å². The lowest BCUT2D eigenvalue weighted by atomic mass is 9.78. The molecule has 2 N–H and O–H groups in total. The van der Waals surface area contributed by atoms with Crippen molar-refractivity contribution in [1.82, 2.24) is 4.90 Å². The molecule has 15 atom stereocenters. The number of hydrogen-bond donors (Lipinski definition) is 2. The summed E-state index contributed by atoms with van der Waals surface area (Å²) >= 11 is 0. The van der Waals surface area contributed by atoms with Gasteiger partial charge >= 0.3 is 12.1 Å². The molecular formula is C58H84N2O16. The van der Waals surface area contributed by atoms with Crippen LogP contribution in [0.4, 0.5) is 10.5 Å². The van der Waals surface area contributed by atoms with Gasteiger partial charge in [-0.3, -0.25) is 24.5 Å². The van der Waals surface area contributed by atoms with Gasteiger partial charge in [-0.05, 0) is 138 Å². The Labute approximate surface area is 448 Å². The first-order valence-corrected chi connectivity index (χ1v) is 27.2. The Kier molecular flexibility index (Phi) is 23.6. The second-order valence-electron chi connectivity index (χ2n) is 21.9. The molecule has 5 rings (SSSR count). The van der Waals surface area contributed by atoms with Crippen molar-refractivity contribution in [3.8, 4) is 5.75 Å². The van der Waals surface area contributed by atoms with Crippen LogP contribution in [0.15, 0.2) is 71.9 Å². The monoisotopic (exact) mass is 1060 g/mol. The number of carbonyl (C=O) groups excluding carboxylic acids is 5. The van der Waals surface area contributed by atoms with Crippen molar-refractivity contribution in [2.24, 2.45) is 35.5 Å². The standard InChI is InChI=1S/C58H84N2O16/c1-35-16-12-11-13-17-37(3)49(70-8)34-45-24-20-41(7)58(67,76-45)54(63)55(64)59-29-15-14-18-46(59)56(65)74-47(27-19-36(2)31-40(6)52(62)53(72-10)51(61)39(5)30-35)38(4)32-42-21-28-48(50(33-42)71-9)75-57(66)73-44-25-22-43(23-26-44)60(68)69/h11-13,16-17,22-23,25-26,31,35-36,38-39,41-42,45-50,52-53,62,67H,14-15,18-21,24,27-30,32-34H2,1-10H3/b13-11+,16-12+,37-17+,40-31+/t35-,36+,38-,39-,41-,42+,45+,46+,47+,48-,49+,50-,52-,53+,58-/m1/s1. The van der Waals surface area contributed by atoms with Crippen LogP contribution in [0.25, 0.3) is 0 Å². The van der Waals surface area contributed by atoms with Crippen molar-refractivity contribution in [1.29, 1.82) is 0 Å². The maximum Gasteiger partial charge on any atom is 0.514 e. The number of hydrogen-bond acceptors (Lipinski definition) is 16. The summed E-state index contributed by atoms with van der Waals surface area (Å²) in [6, 6.07) is 3.98. The van der Waals surface area contributed by atoms with E-state index in [0.29, 0.717) is 82.6 Å². The summed E-state index contributed by atoms with van der Waals surface area (Å²) in [6.45, 7) is 13.3. The Hall–Kier alpha value is -5.11. The van der Waals surface area contributed by atoms with Crippen LogP contribution in [-0.2, 0) is 47.6 Å². The number of nitrogens with zero attached hydrogens (tertiary/aromatic N) is 2. The van der Waals surface area contributed by atoms with E-state index in [0.717, 1.165) is 5.57 Å². The Morgan fingerprint density at radius 2 is 1.57 bits per heavy atom. The molecule has 0 radical (unpaired) electrons. The molecule has 18 heteroatoms. The number of benzene rings is 1. The van der Waals surface area contributed by atoms with Gasteiger partial charge in [0.25, 0.3) is 17.4 Å². The summed E-state index contributed by atoms with van der Waals surface area (Å²) in [5.41, 5.74) is 1.29. The number of allylic oxidation sites excluding steroid dienone is 6. The van der Waals surface area contributed by atoms with E-state index in [1.807, 2.05) is 71.1 Å². The second-order valence-corrected chi connectivity index (χ2v) is 21.9. The molecule has 3 fully saturated rings. The van der Waals surface area contributed by atoms with E-state index in [1.165, 1.54) is 43.4 Å². The molecule has 0 unspecified atom stereocenters. The molecule has 3 heterocycles. The van der Waals surface area contributed by atoms with Crippen LogP contribution < -0.4 is 4.74 Å². The van der Waals surface area contributed by atoms with Gasteiger partial charge in [0.1, 0.15) is 36.2 Å². The number of Topliss-reactive ketones (excluding diaryl/α,β-unsaturated/α-hetero) is 2. The number of fused-ring (bicyclic) bond motifs is 3. The number of methoxy groups -OCH3 is 3. The Morgan fingerprint density at radius 3 is 2.24 bits per heavy atom. The van der Waals surface area contributed by atoms with Gasteiger partial charge in [0.2, 0.25) is 5.79 Å². The summed E-state index contributed by atoms with van der Waals surface area (Å²) in [4.78, 5) is 81.7. The maximum atomic E-state index is 14.6. The van der Waals surface area contributed by atoms with Crippen molar-refractivity contribution in [3.05, 3.63) is 82.0 Å². The third kappa shape index (κ3) is 16.7. The molecule has 2 bridgehead atoms. The number of nitro benzene ring substituents is 1. The largest absolute Gasteiger partial charge is 0.514 e. The predicted octanol–water partition coefficient (Wildman–Crippen LogP) is 9.13. The Bertz CT molecular complexity index is 2260. The fourth-order valence-corrected chi connectivity index (χ4v) is 11.3. The van der Waals surface area contributed by atoms with Gasteiger partial charge in [-0.1, -0.05) is 71.1 Å². The van der Waals surface area contributed by atoms with Crippen molar-refractivity contribution in [2.75, 3.05) is 27.9 Å². The molecule has 0 aromatic heterocycles. The molecule has 422 valence electrons. The minimum absolute atomic E-state index is 0.0335. The van der Waals surface area contributed by atoms with Gasteiger partial charge in [-0.15, -0.1) is 0 Å². The summed E-state index contributed by atoms with van der Waals surface area (Å²) in [7, 11) is 4.53. The number of non-ortho nitro benzene ring substituents is 1. The minimum Gasteiger partial charge on any atom is -0.461 e. The fourth-order valence-electron chi connectivity index (χ4n) is 11.3. The van der Waals surface area contributed by atoms with Crippen LogP contribution in [-0.4, -0.2) is 132 Å².